The lowest BCUT2D eigenvalue weighted by atomic mass is 10.0. The third kappa shape index (κ3) is 3.46. The van der Waals surface area contributed by atoms with Crippen LogP contribution in [0.1, 0.15) is 17.5 Å². The van der Waals surface area contributed by atoms with Crippen molar-refractivity contribution < 1.29 is 14.7 Å². The van der Waals surface area contributed by atoms with Crippen LogP contribution in [0.4, 0.5) is 5.69 Å². The standard InChI is InChI=1S/C18H15ClN2O3/c19-12-6-7-15-14(8-12)17(11-4-2-1-3-5-11)21-13(10-20-15)9-16(22)18(23)24/h1-8,13,20H,9-10H2,(H,23,24). The summed E-state index contributed by atoms with van der Waals surface area (Å²) in [4.78, 5) is 27.1. The van der Waals surface area contributed by atoms with Gasteiger partial charge in [0.15, 0.2) is 0 Å². The Balaban J connectivity index is 2.06. The molecule has 2 aromatic carbocycles. The number of fused-ring (bicyclic) bond motifs is 1. The van der Waals surface area contributed by atoms with Gasteiger partial charge in [0.25, 0.3) is 0 Å². The molecule has 24 heavy (non-hydrogen) atoms. The Kier molecular flexibility index (Phi) is 4.62. The summed E-state index contributed by atoms with van der Waals surface area (Å²) >= 11 is 6.13. The van der Waals surface area contributed by atoms with Crippen LogP contribution in [-0.4, -0.2) is 35.2 Å². The van der Waals surface area contributed by atoms with Crippen LogP contribution >= 0.6 is 11.6 Å². The average Bonchev–Trinajstić information content (AvgIpc) is 2.75. The number of anilines is 1. The minimum absolute atomic E-state index is 0.152. The second kappa shape index (κ2) is 6.84. The maximum Gasteiger partial charge on any atom is 0.372 e. The van der Waals surface area contributed by atoms with Gasteiger partial charge in [0.2, 0.25) is 5.78 Å². The number of hydrogen-bond donors (Lipinski definition) is 2. The number of nitrogens with one attached hydrogen (secondary N) is 1. The highest BCUT2D eigenvalue weighted by atomic mass is 35.5. The summed E-state index contributed by atoms with van der Waals surface area (Å²) in [5.74, 6) is -2.28. The normalized spacial score (nSPS) is 16.4. The number of aliphatic carboxylic acids is 1. The number of nitrogens with zero attached hydrogens (tertiary/aromatic N) is 1. The first-order chi connectivity index (χ1) is 11.5. The molecule has 0 radical (unpaired) electrons. The summed E-state index contributed by atoms with van der Waals surface area (Å²) in [6.45, 7) is 0.379. The van der Waals surface area contributed by atoms with Crippen LogP contribution in [-0.2, 0) is 9.59 Å². The number of carbonyl (C=O) groups excluding carboxylic acids is 1. The van der Waals surface area contributed by atoms with E-state index in [9.17, 15) is 9.59 Å². The van der Waals surface area contributed by atoms with Crippen molar-refractivity contribution in [1.82, 2.24) is 0 Å². The number of halogens is 1. The van der Waals surface area contributed by atoms with Gasteiger partial charge in [-0.2, -0.15) is 0 Å². The summed E-state index contributed by atoms with van der Waals surface area (Å²) in [6.07, 6.45) is -0.152. The molecule has 0 saturated heterocycles. The van der Waals surface area contributed by atoms with Crippen molar-refractivity contribution in [2.45, 2.75) is 12.5 Å². The van der Waals surface area contributed by atoms with Gasteiger partial charge in [-0.25, -0.2) is 4.79 Å². The van der Waals surface area contributed by atoms with E-state index >= 15 is 0 Å². The van der Waals surface area contributed by atoms with E-state index in [1.807, 2.05) is 42.5 Å². The Labute approximate surface area is 144 Å². The first-order valence-corrected chi connectivity index (χ1v) is 7.85. The molecule has 0 amide bonds. The van der Waals surface area contributed by atoms with Gasteiger partial charge in [-0.15, -0.1) is 0 Å². The lowest BCUT2D eigenvalue weighted by Crippen LogP contribution is -2.25. The molecule has 1 aliphatic heterocycles. The van der Waals surface area contributed by atoms with E-state index in [1.54, 1.807) is 6.07 Å². The highest BCUT2D eigenvalue weighted by molar-refractivity contribution is 6.33. The second-order valence-electron chi connectivity index (χ2n) is 5.50. The van der Waals surface area contributed by atoms with Crippen molar-refractivity contribution in [3.63, 3.8) is 0 Å². The van der Waals surface area contributed by atoms with E-state index in [-0.39, 0.29) is 6.42 Å². The largest absolute Gasteiger partial charge is 0.476 e. The predicted molar refractivity (Wildman–Crippen MR) is 93.1 cm³/mol. The van der Waals surface area contributed by atoms with Crippen molar-refractivity contribution in [3.05, 3.63) is 64.7 Å². The lowest BCUT2D eigenvalue weighted by Gasteiger charge is -2.10. The number of benzodiazepines with no additional fused rings is 1. The van der Waals surface area contributed by atoms with Gasteiger partial charge in [0.05, 0.1) is 11.8 Å². The highest BCUT2D eigenvalue weighted by Gasteiger charge is 2.24. The van der Waals surface area contributed by atoms with Gasteiger partial charge in [0.1, 0.15) is 0 Å². The van der Waals surface area contributed by atoms with Crippen molar-refractivity contribution in [2.75, 3.05) is 11.9 Å². The van der Waals surface area contributed by atoms with Crippen LogP contribution in [0, 0.1) is 0 Å². The van der Waals surface area contributed by atoms with Gasteiger partial charge in [0, 0.05) is 34.8 Å². The number of aliphatic imine (C=N–C) groups is 1. The molecule has 1 unspecified atom stereocenters. The van der Waals surface area contributed by atoms with Crippen LogP contribution in [0.3, 0.4) is 0 Å². The Morgan fingerprint density at radius 1 is 1.21 bits per heavy atom. The molecule has 0 fully saturated rings. The number of hydrogen-bond acceptors (Lipinski definition) is 4. The minimum Gasteiger partial charge on any atom is -0.476 e. The van der Waals surface area contributed by atoms with E-state index < -0.39 is 17.8 Å². The summed E-state index contributed by atoms with van der Waals surface area (Å²) < 4.78 is 0. The zero-order valence-corrected chi connectivity index (χ0v) is 13.5. The number of carboxylic acids is 1. The van der Waals surface area contributed by atoms with Crippen LogP contribution in [0.2, 0.25) is 5.02 Å². The molecule has 1 atom stereocenters. The van der Waals surface area contributed by atoms with E-state index in [4.69, 9.17) is 16.7 Å². The predicted octanol–water partition coefficient (Wildman–Crippen LogP) is 3.02. The summed E-state index contributed by atoms with van der Waals surface area (Å²) in [6, 6.07) is 14.5. The SMILES string of the molecule is O=C(O)C(=O)CC1CNc2ccc(Cl)cc2C(c2ccccc2)=N1. The van der Waals surface area contributed by atoms with Crippen LogP contribution in [0.15, 0.2) is 53.5 Å². The van der Waals surface area contributed by atoms with E-state index in [0.29, 0.717) is 17.3 Å². The Bertz CT molecular complexity index is 818. The molecule has 2 aromatic rings. The van der Waals surface area contributed by atoms with Crippen LogP contribution in [0.5, 0.6) is 0 Å². The maximum absolute atomic E-state index is 11.6. The fraction of sp³-hybridized carbons (Fsp3) is 0.167. The van der Waals surface area contributed by atoms with Crippen molar-refractivity contribution in [1.29, 1.82) is 0 Å². The average molecular weight is 343 g/mol. The van der Waals surface area contributed by atoms with Gasteiger partial charge >= 0.3 is 5.97 Å². The molecule has 2 N–H and O–H groups in total. The Hall–Kier alpha value is -2.66. The fourth-order valence-electron chi connectivity index (χ4n) is 2.64. The topological polar surface area (TPSA) is 78.8 Å². The van der Waals surface area contributed by atoms with Gasteiger partial charge in [-0.1, -0.05) is 41.9 Å². The molecule has 1 aliphatic rings. The number of carbonyl (C=O) groups is 2. The van der Waals surface area contributed by atoms with Crippen LogP contribution in [0.25, 0.3) is 0 Å². The number of benzene rings is 2. The first kappa shape index (κ1) is 16.2. The van der Waals surface area contributed by atoms with Gasteiger partial charge in [-0.3, -0.25) is 9.79 Å². The molecular weight excluding hydrogens is 328 g/mol. The number of carboxylic acid groups (broad SMARTS) is 1. The van der Waals surface area contributed by atoms with E-state index in [0.717, 1.165) is 16.8 Å². The molecule has 5 nitrogen and oxygen atoms in total. The van der Waals surface area contributed by atoms with E-state index in [2.05, 4.69) is 10.3 Å². The summed E-state index contributed by atoms with van der Waals surface area (Å²) in [5.41, 5.74) is 3.27. The molecule has 0 saturated carbocycles. The molecule has 0 spiro atoms. The quantitative estimate of drug-likeness (QED) is 0.837. The molecule has 122 valence electrons. The molecule has 6 heteroatoms. The zero-order chi connectivity index (χ0) is 17.1. The molecular formula is C18H15ClN2O3. The van der Waals surface area contributed by atoms with Crippen molar-refractivity contribution in [2.24, 2.45) is 4.99 Å². The summed E-state index contributed by atoms with van der Waals surface area (Å²) in [7, 11) is 0. The number of Topliss-reactive ketones (excluding diaryl/α,β-unsaturated/α-hetero) is 1. The smallest absolute Gasteiger partial charge is 0.372 e. The fourth-order valence-corrected chi connectivity index (χ4v) is 2.81. The third-order valence-corrected chi connectivity index (χ3v) is 4.02. The molecule has 0 bridgehead atoms. The maximum atomic E-state index is 11.6. The first-order valence-electron chi connectivity index (χ1n) is 7.47. The number of ketones is 1. The Morgan fingerprint density at radius 3 is 2.67 bits per heavy atom. The molecule has 3 rings (SSSR count). The molecule has 1 heterocycles. The van der Waals surface area contributed by atoms with E-state index in [1.165, 1.54) is 0 Å². The molecule has 0 aliphatic carbocycles. The van der Waals surface area contributed by atoms with Gasteiger partial charge < -0.3 is 10.4 Å². The second-order valence-corrected chi connectivity index (χ2v) is 5.94. The summed E-state index contributed by atoms with van der Waals surface area (Å²) in [5, 5.41) is 12.7. The lowest BCUT2D eigenvalue weighted by molar-refractivity contribution is -0.149. The minimum atomic E-state index is -1.43. The van der Waals surface area contributed by atoms with Crippen LogP contribution < -0.4 is 5.32 Å². The van der Waals surface area contributed by atoms with Gasteiger partial charge in [-0.05, 0) is 18.2 Å². The third-order valence-electron chi connectivity index (χ3n) is 3.78. The monoisotopic (exact) mass is 342 g/mol. The molecule has 0 aromatic heterocycles. The zero-order valence-electron chi connectivity index (χ0n) is 12.7. The van der Waals surface area contributed by atoms with Crippen molar-refractivity contribution in [3.8, 4) is 0 Å². The highest BCUT2D eigenvalue weighted by Crippen LogP contribution is 2.27. The van der Waals surface area contributed by atoms with Crippen molar-refractivity contribution >= 4 is 34.8 Å². The Morgan fingerprint density at radius 2 is 1.96 bits per heavy atom. The number of rotatable bonds is 4.